The van der Waals surface area contributed by atoms with Crippen LogP contribution in [0.25, 0.3) is 11.6 Å². The van der Waals surface area contributed by atoms with Crippen molar-refractivity contribution in [3.05, 3.63) is 89.4 Å². The maximum absolute atomic E-state index is 14.3. The van der Waals surface area contributed by atoms with Crippen molar-refractivity contribution in [3.8, 4) is 11.6 Å². The summed E-state index contributed by atoms with van der Waals surface area (Å²) in [6.07, 6.45) is 5.31. The Bertz CT molecular complexity index is 1540. The number of furan rings is 1. The Kier molecular flexibility index (Phi) is 9.11. The fourth-order valence-electron chi connectivity index (χ4n) is 6.36. The summed E-state index contributed by atoms with van der Waals surface area (Å²) in [6.45, 7) is 3.99. The number of rotatable bonds is 10. The molecule has 10 nitrogen and oxygen atoms in total. The van der Waals surface area contributed by atoms with Gasteiger partial charge in [0.1, 0.15) is 24.2 Å². The number of halogens is 1. The molecule has 0 bridgehead atoms. The first-order valence-electron chi connectivity index (χ1n) is 15.4. The van der Waals surface area contributed by atoms with E-state index in [1.165, 1.54) is 22.5 Å². The lowest BCUT2D eigenvalue weighted by molar-refractivity contribution is -0.146. The molecule has 1 atom stereocenters. The number of aromatic nitrogens is 4. The van der Waals surface area contributed by atoms with Crippen LogP contribution >= 0.6 is 0 Å². The lowest BCUT2D eigenvalue weighted by Gasteiger charge is -2.42. The zero-order chi connectivity index (χ0) is 30.5. The summed E-state index contributed by atoms with van der Waals surface area (Å²) >= 11 is 0. The smallest absolute Gasteiger partial charge is 0.247 e. The number of amides is 2. The highest BCUT2D eigenvalue weighted by atomic mass is 19.1. The lowest BCUT2D eigenvalue weighted by atomic mass is 9.96. The van der Waals surface area contributed by atoms with Gasteiger partial charge in [-0.15, -0.1) is 10.2 Å². The predicted molar refractivity (Wildman–Crippen MR) is 161 cm³/mol. The molecule has 0 unspecified atom stereocenters. The lowest BCUT2D eigenvalue weighted by Crippen LogP contribution is -2.54. The second-order valence-electron chi connectivity index (χ2n) is 11.8. The molecule has 0 spiro atoms. The monoisotopic (exact) mass is 599 g/mol. The number of carbonyl (C=O) groups excluding carboxylic acids is 2. The van der Waals surface area contributed by atoms with Crippen LogP contribution in [-0.4, -0.2) is 67.0 Å². The number of nitrogens with zero attached hydrogens (tertiary/aromatic N) is 6. The summed E-state index contributed by atoms with van der Waals surface area (Å²) in [5.74, 6) is 0.504. The van der Waals surface area contributed by atoms with E-state index in [1.54, 1.807) is 23.1 Å². The van der Waals surface area contributed by atoms with Gasteiger partial charge in [0.25, 0.3) is 0 Å². The quantitative estimate of drug-likeness (QED) is 0.282. The molecule has 1 N–H and O–H groups in total. The molecule has 4 aromatic rings. The van der Waals surface area contributed by atoms with Crippen LogP contribution in [-0.2, 0) is 22.7 Å². The highest BCUT2D eigenvalue weighted by Crippen LogP contribution is 2.31. The van der Waals surface area contributed by atoms with E-state index in [9.17, 15) is 14.0 Å². The molecule has 6 rings (SSSR count). The molecule has 2 aromatic heterocycles. The fraction of sp³-hybridized carbons (Fsp3) is 0.424. The summed E-state index contributed by atoms with van der Waals surface area (Å²) in [5, 5.41) is 15.8. The molecular formula is C33H38FN7O3. The van der Waals surface area contributed by atoms with Crippen molar-refractivity contribution in [2.24, 2.45) is 0 Å². The van der Waals surface area contributed by atoms with Gasteiger partial charge in [-0.1, -0.05) is 55.3 Å². The molecule has 44 heavy (non-hydrogen) atoms. The first-order valence-corrected chi connectivity index (χ1v) is 15.4. The number of tetrazole rings is 1. The average molecular weight is 600 g/mol. The predicted octanol–water partition coefficient (Wildman–Crippen LogP) is 4.67. The minimum atomic E-state index is -0.926. The van der Waals surface area contributed by atoms with Crippen LogP contribution in [0.5, 0.6) is 0 Å². The molecule has 2 fully saturated rings. The van der Waals surface area contributed by atoms with E-state index < -0.39 is 11.9 Å². The van der Waals surface area contributed by atoms with Gasteiger partial charge in [0, 0.05) is 31.7 Å². The zero-order valence-corrected chi connectivity index (χ0v) is 24.9. The van der Waals surface area contributed by atoms with Crippen LogP contribution < -0.4 is 5.32 Å². The van der Waals surface area contributed by atoms with Gasteiger partial charge in [-0.3, -0.25) is 14.5 Å². The molecule has 1 saturated heterocycles. The Morgan fingerprint density at radius 2 is 1.73 bits per heavy atom. The summed E-state index contributed by atoms with van der Waals surface area (Å²) < 4.78 is 19.6. The average Bonchev–Trinajstić information content (AvgIpc) is 3.81. The Morgan fingerprint density at radius 3 is 2.41 bits per heavy atom. The SMILES string of the molecule is Cc1ccc(-c2nnn(CC(=O)N(C3CCN(Cc4ccccc4)CC3)[C@H](C(=O)NC3CCCC3)c3ccc(F)cc3)n2)o1. The maximum atomic E-state index is 14.3. The molecule has 2 aromatic carbocycles. The van der Waals surface area contributed by atoms with Gasteiger partial charge in [-0.05, 0) is 73.2 Å². The van der Waals surface area contributed by atoms with Gasteiger partial charge in [0.05, 0.1) is 0 Å². The van der Waals surface area contributed by atoms with Crippen molar-refractivity contribution >= 4 is 11.8 Å². The highest BCUT2D eigenvalue weighted by Gasteiger charge is 2.39. The molecule has 11 heteroatoms. The molecule has 2 amide bonds. The normalized spacial score (nSPS) is 17.0. The summed E-state index contributed by atoms with van der Waals surface area (Å²) in [5.41, 5.74) is 1.80. The van der Waals surface area contributed by atoms with Gasteiger partial charge in [-0.25, -0.2) is 4.39 Å². The van der Waals surface area contributed by atoms with Gasteiger partial charge in [0.2, 0.25) is 17.6 Å². The van der Waals surface area contributed by atoms with Crippen molar-refractivity contribution in [3.63, 3.8) is 0 Å². The second-order valence-corrected chi connectivity index (χ2v) is 11.8. The number of hydrogen-bond donors (Lipinski definition) is 1. The number of carbonyl (C=O) groups is 2. The Balaban J connectivity index is 1.27. The largest absolute Gasteiger partial charge is 0.458 e. The van der Waals surface area contributed by atoms with Gasteiger partial charge in [-0.2, -0.15) is 4.80 Å². The van der Waals surface area contributed by atoms with Crippen LogP contribution in [0.15, 0.2) is 71.1 Å². The van der Waals surface area contributed by atoms with E-state index in [2.05, 4.69) is 37.8 Å². The molecular weight excluding hydrogens is 561 g/mol. The number of likely N-dealkylation sites (tertiary alicyclic amines) is 1. The Morgan fingerprint density at radius 1 is 1.00 bits per heavy atom. The van der Waals surface area contributed by atoms with Crippen molar-refractivity contribution in [2.75, 3.05) is 13.1 Å². The van der Waals surface area contributed by atoms with Gasteiger partial charge in [0.15, 0.2) is 5.76 Å². The van der Waals surface area contributed by atoms with Crippen LogP contribution in [0.3, 0.4) is 0 Å². The third-order valence-electron chi connectivity index (χ3n) is 8.59. The highest BCUT2D eigenvalue weighted by molar-refractivity contribution is 5.89. The number of aryl methyl sites for hydroxylation is 1. The van der Waals surface area contributed by atoms with Crippen molar-refractivity contribution in [2.45, 2.75) is 76.7 Å². The maximum Gasteiger partial charge on any atom is 0.247 e. The topological polar surface area (TPSA) is 109 Å². The zero-order valence-electron chi connectivity index (χ0n) is 24.9. The Labute approximate surface area is 256 Å². The van der Waals surface area contributed by atoms with E-state index in [0.717, 1.165) is 45.3 Å². The molecule has 1 saturated carbocycles. The van der Waals surface area contributed by atoms with Crippen LogP contribution in [0, 0.1) is 12.7 Å². The Hall–Kier alpha value is -4.38. The van der Waals surface area contributed by atoms with Crippen molar-refractivity contribution < 1.29 is 18.4 Å². The van der Waals surface area contributed by atoms with Crippen molar-refractivity contribution in [1.82, 2.24) is 35.3 Å². The van der Waals surface area contributed by atoms with E-state index in [0.29, 0.717) is 29.9 Å². The minimum Gasteiger partial charge on any atom is -0.458 e. The fourth-order valence-corrected chi connectivity index (χ4v) is 6.36. The molecule has 3 heterocycles. The summed E-state index contributed by atoms with van der Waals surface area (Å²) in [7, 11) is 0. The third-order valence-corrected chi connectivity index (χ3v) is 8.59. The number of nitrogens with one attached hydrogen (secondary N) is 1. The third kappa shape index (κ3) is 7.05. The minimum absolute atomic E-state index is 0.0615. The van der Waals surface area contributed by atoms with Crippen LogP contribution in [0.4, 0.5) is 4.39 Å². The molecule has 1 aliphatic carbocycles. The molecule has 1 aliphatic heterocycles. The van der Waals surface area contributed by atoms with E-state index in [1.807, 2.05) is 31.2 Å². The first kappa shape index (κ1) is 29.7. The van der Waals surface area contributed by atoms with Crippen LogP contribution in [0.2, 0.25) is 0 Å². The first-order chi connectivity index (χ1) is 21.4. The summed E-state index contributed by atoms with van der Waals surface area (Å²) in [4.78, 5) is 33.6. The van der Waals surface area contributed by atoms with E-state index in [-0.39, 0.29) is 36.3 Å². The van der Waals surface area contributed by atoms with Gasteiger partial charge < -0.3 is 14.6 Å². The summed E-state index contributed by atoms with van der Waals surface area (Å²) in [6, 6.07) is 18.7. The molecule has 0 radical (unpaired) electrons. The van der Waals surface area contributed by atoms with Gasteiger partial charge >= 0.3 is 0 Å². The van der Waals surface area contributed by atoms with Crippen LogP contribution in [0.1, 0.15) is 61.5 Å². The van der Waals surface area contributed by atoms with E-state index in [4.69, 9.17) is 4.42 Å². The van der Waals surface area contributed by atoms with Crippen molar-refractivity contribution in [1.29, 1.82) is 0 Å². The molecule has 230 valence electrons. The van der Waals surface area contributed by atoms with E-state index >= 15 is 0 Å². The number of hydrogen-bond acceptors (Lipinski definition) is 7. The standard InChI is InChI=1S/C33H38FN7O3/c1-23-11-16-29(44-23)32-36-38-40(37-32)22-30(42)41(28-17-19-39(20-18-28)21-24-7-3-2-4-8-24)31(25-12-14-26(34)15-13-25)33(43)35-27-9-5-6-10-27/h2-4,7-8,11-16,27-28,31H,5-6,9-10,17-22H2,1H3,(H,35,43)/t31-/m0/s1. The number of piperidine rings is 1. The molecule has 2 aliphatic rings. The number of benzene rings is 2. The second kappa shape index (κ2) is 13.5.